The number of anilines is 1. The van der Waals surface area contributed by atoms with Crippen LogP contribution >= 0.6 is 11.3 Å². The molecule has 0 fully saturated rings. The van der Waals surface area contributed by atoms with Gasteiger partial charge >= 0.3 is 6.03 Å². The first-order valence-electron chi connectivity index (χ1n) is 7.32. The number of aryl methyl sites for hydroxylation is 1. The van der Waals surface area contributed by atoms with Crippen molar-refractivity contribution in [3.05, 3.63) is 33.8 Å². The van der Waals surface area contributed by atoms with E-state index in [9.17, 15) is 4.79 Å². The van der Waals surface area contributed by atoms with E-state index < -0.39 is 0 Å². The van der Waals surface area contributed by atoms with Crippen molar-refractivity contribution in [1.29, 1.82) is 0 Å². The van der Waals surface area contributed by atoms with Gasteiger partial charge in [-0.1, -0.05) is 32.1 Å². The number of hydrogen-bond donors (Lipinski definition) is 2. The van der Waals surface area contributed by atoms with Crippen molar-refractivity contribution in [2.45, 2.75) is 39.7 Å². The number of carbonyl (C=O) groups is 1. The van der Waals surface area contributed by atoms with Crippen LogP contribution in [0.15, 0.2) is 18.2 Å². The van der Waals surface area contributed by atoms with Crippen LogP contribution in [0.2, 0.25) is 0 Å². The Morgan fingerprint density at radius 1 is 1.30 bits per heavy atom. The molecule has 0 spiro atoms. The average molecular weight is 334 g/mol. The Morgan fingerprint density at radius 2 is 2.04 bits per heavy atom. The molecule has 124 valence electrons. The quantitative estimate of drug-likeness (QED) is 0.897. The number of rotatable bonds is 4. The second-order valence-electron chi connectivity index (χ2n) is 6.24. The summed E-state index contributed by atoms with van der Waals surface area (Å²) in [5, 5.41) is 15.6. The summed E-state index contributed by atoms with van der Waals surface area (Å²) in [6, 6.07) is 5.21. The summed E-state index contributed by atoms with van der Waals surface area (Å²) in [5.74, 6) is 0.791. The van der Waals surface area contributed by atoms with Gasteiger partial charge in [0.25, 0.3) is 0 Å². The summed E-state index contributed by atoms with van der Waals surface area (Å²) >= 11 is 1.51. The van der Waals surface area contributed by atoms with E-state index in [0.29, 0.717) is 12.2 Å². The van der Waals surface area contributed by atoms with Crippen LogP contribution in [0.5, 0.6) is 5.75 Å². The molecule has 0 saturated heterocycles. The number of methoxy groups -OCH3 is 1. The third-order valence-corrected chi connectivity index (χ3v) is 4.51. The second kappa shape index (κ2) is 6.95. The van der Waals surface area contributed by atoms with Crippen LogP contribution in [0.1, 0.15) is 36.3 Å². The van der Waals surface area contributed by atoms with E-state index >= 15 is 0 Å². The monoisotopic (exact) mass is 334 g/mol. The zero-order valence-corrected chi connectivity index (χ0v) is 14.9. The maximum absolute atomic E-state index is 12.0. The number of nitrogens with zero attached hydrogens (tertiary/aromatic N) is 2. The normalized spacial score (nSPS) is 11.2. The van der Waals surface area contributed by atoms with Crippen molar-refractivity contribution in [3.8, 4) is 5.75 Å². The van der Waals surface area contributed by atoms with Crippen LogP contribution in [0, 0.1) is 6.92 Å². The topological polar surface area (TPSA) is 76.1 Å². The predicted octanol–water partition coefficient (Wildman–Crippen LogP) is 3.47. The lowest BCUT2D eigenvalue weighted by molar-refractivity contribution is 0.251. The summed E-state index contributed by atoms with van der Waals surface area (Å²) in [6.07, 6.45) is 0. The van der Waals surface area contributed by atoms with Crippen LogP contribution in [-0.4, -0.2) is 23.3 Å². The molecule has 2 aromatic rings. The number of hydrogen-bond acceptors (Lipinski definition) is 5. The smallest absolute Gasteiger partial charge is 0.319 e. The number of benzene rings is 1. The Bertz CT molecular complexity index is 692. The van der Waals surface area contributed by atoms with E-state index in [0.717, 1.165) is 21.3 Å². The van der Waals surface area contributed by atoms with Gasteiger partial charge in [0.2, 0.25) is 0 Å². The highest BCUT2D eigenvalue weighted by Crippen LogP contribution is 2.25. The molecule has 2 N–H and O–H groups in total. The molecule has 0 atom stereocenters. The van der Waals surface area contributed by atoms with Gasteiger partial charge in [-0.15, -0.1) is 10.2 Å². The minimum Gasteiger partial charge on any atom is -0.496 e. The van der Waals surface area contributed by atoms with Crippen molar-refractivity contribution >= 4 is 23.1 Å². The minimum atomic E-state index is -0.276. The van der Waals surface area contributed by atoms with Gasteiger partial charge in [0.05, 0.1) is 13.7 Å². The lowest BCUT2D eigenvalue weighted by Crippen LogP contribution is -2.28. The standard InChI is InChI=1S/C16H22N4O2S/c1-10-8-11(6-7-12(10)22-5)18-15(21)17-9-13-19-20-14(23-13)16(2,3)4/h6-8H,9H2,1-5H3,(H2,17,18,21). The molecular formula is C16H22N4O2S. The molecule has 1 heterocycles. The summed E-state index contributed by atoms with van der Waals surface area (Å²) in [6.45, 7) is 8.54. The highest BCUT2D eigenvalue weighted by atomic mass is 32.1. The summed E-state index contributed by atoms with van der Waals surface area (Å²) in [7, 11) is 1.62. The van der Waals surface area contributed by atoms with Gasteiger partial charge in [-0.2, -0.15) is 0 Å². The van der Waals surface area contributed by atoms with Crippen LogP contribution in [0.3, 0.4) is 0 Å². The molecule has 0 aliphatic heterocycles. The Hall–Kier alpha value is -2.15. The first-order valence-corrected chi connectivity index (χ1v) is 8.13. The molecule has 7 heteroatoms. The zero-order chi connectivity index (χ0) is 17.0. The molecule has 1 aromatic carbocycles. The average Bonchev–Trinajstić information content (AvgIpc) is 2.94. The third kappa shape index (κ3) is 4.66. The SMILES string of the molecule is COc1ccc(NC(=O)NCc2nnc(C(C)(C)C)s2)cc1C. The number of carbonyl (C=O) groups excluding carboxylic acids is 1. The van der Waals surface area contributed by atoms with E-state index in [1.165, 1.54) is 11.3 Å². The molecule has 2 rings (SSSR count). The molecular weight excluding hydrogens is 312 g/mol. The molecule has 6 nitrogen and oxygen atoms in total. The number of ether oxygens (including phenoxy) is 1. The lowest BCUT2D eigenvalue weighted by atomic mass is 9.98. The first-order chi connectivity index (χ1) is 10.8. The Kier molecular flexibility index (Phi) is 5.20. The highest BCUT2D eigenvalue weighted by molar-refractivity contribution is 7.11. The highest BCUT2D eigenvalue weighted by Gasteiger charge is 2.19. The van der Waals surface area contributed by atoms with Crippen LogP contribution < -0.4 is 15.4 Å². The van der Waals surface area contributed by atoms with Gasteiger partial charge in [-0.05, 0) is 30.7 Å². The number of amides is 2. The fourth-order valence-corrected chi connectivity index (χ4v) is 2.75. The van der Waals surface area contributed by atoms with Crippen molar-refractivity contribution in [2.24, 2.45) is 0 Å². The first kappa shape index (κ1) is 17.2. The van der Waals surface area contributed by atoms with Crippen LogP contribution in [0.25, 0.3) is 0 Å². The summed E-state index contributed by atoms with van der Waals surface area (Å²) in [5.41, 5.74) is 1.65. The molecule has 2 amide bonds. The van der Waals surface area contributed by atoms with Crippen LogP contribution in [0.4, 0.5) is 10.5 Å². The molecule has 0 aliphatic carbocycles. The van der Waals surface area contributed by atoms with E-state index in [4.69, 9.17) is 4.74 Å². The van der Waals surface area contributed by atoms with Crippen molar-refractivity contribution in [1.82, 2.24) is 15.5 Å². The molecule has 0 bridgehead atoms. The maximum atomic E-state index is 12.0. The lowest BCUT2D eigenvalue weighted by Gasteiger charge is -2.12. The van der Waals surface area contributed by atoms with Crippen molar-refractivity contribution in [2.75, 3.05) is 12.4 Å². The Balaban J connectivity index is 1.90. The maximum Gasteiger partial charge on any atom is 0.319 e. The third-order valence-electron chi connectivity index (χ3n) is 3.16. The predicted molar refractivity (Wildman–Crippen MR) is 92.2 cm³/mol. The van der Waals surface area contributed by atoms with Gasteiger partial charge in [0.1, 0.15) is 15.8 Å². The zero-order valence-electron chi connectivity index (χ0n) is 14.1. The molecule has 0 radical (unpaired) electrons. The molecule has 23 heavy (non-hydrogen) atoms. The largest absolute Gasteiger partial charge is 0.496 e. The number of nitrogens with one attached hydrogen (secondary N) is 2. The summed E-state index contributed by atoms with van der Waals surface area (Å²) in [4.78, 5) is 12.0. The molecule has 0 saturated carbocycles. The number of urea groups is 1. The van der Waals surface area contributed by atoms with Crippen molar-refractivity contribution in [3.63, 3.8) is 0 Å². The van der Waals surface area contributed by atoms with Gasteiger partial charge in [0, 0.05) is 11.1 Å². The van der Waals surface area contributed by atoms with E-state index in [2.05, 4.69) is 41.6 Å². The molecule has 0 aliphatic rings. The Labute approximate surface area is 140 Å². The minimum absolute atomic E-state index is 0.0290. The van der Waals surface area contributed by atoms with Crippen LogP contribution in [-0.2, 0) is 12.0 Å². The Morgan fingerprint density at radius 3 is 2.61 bits per heavy atom. The van der Waals surface area contributed by atoms with E-state index in [-0.39, 0.29) is 11.4 Å². The molecule has 0 unspecified atom stereocenters. The van der Waals surface area contributed by atoms with Gasteiger partial charge in [-0.25, -0.2) is 4.79 Å². The van der Waals surface area contributed by atoms with Gasteiger partial charge in [-0.3, -0.25) is 0 Å². The molecule has 1 aromatic heterocycles. The summed E-state index contributed by atoms with van der Waals surface area (Å²) < 4.78 is 5.20. The van der Waals surface area contributed by atoms with E-state index in [1.807, 2.05) is 19.1 Å². The van der Waals surface area contributed by atoms with Gasteiger partial charge < -0.3 is 15.4 Å². The van der Waals surface area contributed by atoms with Crippen molar-refractivity contribution < 1.29 is 9.53 Å². The van der Waals surface area contributed by atoms with E-state index in [1.54, 1.807) is 13.2 Å². The second-order valence-corrected chi connectivity index (χ2v) is 7.31. The fraction of sp³-hybridized carbons (Fsp3) is 0.438. The fourth-order valence-electron chi connectivity index (χ4n) is 1.92. The number of aromatic nitrogens is 2. The van der Waals surface area contributed by atoms with Gasteiger partial charge in [0.15, 0.2) is 0 Å².